The Bertz CT molecular complexity index is 548. The van der Waals surface area contributed by atoms with Gasteiger partial charge in [-0.1, -0.05) is 101 Å². The fraction of sp³-hybridized carbons (Fsp3) is 0.700. The van der Waals surface area contributed by atoms with Gasteiger partial charge < -0.3 is 14.6 Å². The third-order valence-electron chi connectivity index (χ3n) is 5.42. The van der Waals surface area contributed by atoms with Crippen molar-refractivity contribution in [3.8, 4) is 0 Å². The molecule has 0 aromatic heterocycles. The lowest BCUT2D eigenvalue weighted by Crippen LogP contribution is -2.27. The third kappa shape index (κ3) is 25.0. The minimum atomic E-state index is -0.550. The number of unbranched alkanes of at least 4 members (excludes halogenated alkanes) is 8. The molecule has 0 amide bonds. The summed E-state index contributed by atoms with van der Waals surface area (Å²) >= 11 is 0. The summed E-state index contributed by atoms with van der Waals surface area (Å²) in [5, 5.41) is 9.42. The first-order valence-corrected chi connectivity index (χ1v) is 13.7. The summed E-state index contributed by atoms with van der Waals surface area (Å²) in [6, 6.07) is 0. The summed E-state index contributed by atoms with van der Waals surface area (Å²) in [7, 11) is 0. The Morgan fingerprint density at radius 3 is 1.94 bits per heavy atom. The maximum Gasteiger partial charge on any atom is 0.306 e. The van der Waals surface area contributed by atoms with E-state index in [0.29, 0.717) is 13.0 Å². The Balaban J connectivity index is 3.62. The van der Waals surface area contributed by atoms with Crippen LogP contribution >= 0.6 is 0 Å². The molecule has 0 bridgehead atoms. The Morgan fingerprint density at radius 1 is 0.735 bits per heavy atom. The first kappa shape index (κ1) is 32.4. The summed E-state index contributed by atoms with van der Waals surface area (Å²) in [6.07, 6.45) is 32.8. The fourth-order valence-electron chi connectivity index (χ4n) is 3.37. The number of carbonyl (C=O) groups excluding carboxylic acids is 1. The van der Waals surface area contributed by atoms with Gasteiger partial charge in [0.1, 0.15) is 6.10 Å². The van der Waals surface area contributed by atoms with Gasteiger partial charge in [0.05, 0.1) is 13.2 Å². The van der Waals surface area contributed by atoms with Crippen LogP contribution in [0.2, 0.25) is 0 Å². The van der Waals surface area contributed by atoms with Crippen LogP contribution in [-0.2, 0) is 14.3 Å². The van der Waals surface area contributed by atoms with Gasteiger partial charge in [-0.2, -0.15) is 0 Å². The summed E-state index contributed by atoms with van der Waals surface area (Å²) in [5.74, 6) is -0.247. The second-order valence-electron chi connectivity index (χ2n) is 8.74. The zero-order valence-electron chi connectivity index (χ0n) is 22.1. The number of rotatable bonds is 24. The fourth-order valence-corrected chi connectivity index (χ4v) is 3.37. The van der Waals surface area contributed by atoms with Crippen molar-refractivity contribution in [2.75, 3.05) is 19.8 Å². The molecular weight excluding hydrogens is 424 g/mol. The van der Waals surface area contributed by atoms with E-state index < -0.39 is 6.10 Å². The van der Waals surface area contributed by atoms with Crippen LogP contribution < -0.4 is 0 Å². The highest BCUT2D eigenvalue weighted by Crippen LogP contribution is 2.08. The van der Waals surface area contributed by atoms with E-state index in [9.17, 15) is 9.90 Å². The minimum absolute atomic E-state index is 0.190. The Morgan fingerprint density at radius 2 is 1.32 bits per heavy atom. The normalized spacial score (nSPS) is 13.1. The van der Waals surface area contributed by atoms with Crippen LogP contribution in [0.3, 0.4) is 0 Å². The molecule has 0 aromatic rings. The molecule has 0 fully saturated rings. The molecule has 0 heterocycles. The predicted octanol–water partition coefficient (Wildman–Crippen LogP) is 8.02. The molecule has 0 spiro atoms. The molecular formula is C30H52O4. The molecule has 0 aromatic carbocycles. The SMILES string of the molecule is CC/C=C\C/C=C\C/C=C\C/C=C\CCCCC(=O)OC(CO)COCCCCCCCCC. The van der Waals surface area contributed by atoms with Crippen LogP contribution in [0.25, 0.3) is 0 Å². The largest absolute Gasteiger partial charge is 0.457 e. The maximum absolute atomic E-state index is 12.0. The van der Waals surface area contributed by atoms with E-state index in [-0.39, 0.29) is 19.2 Å². The average Bonchev–Trinajstić information content (AvgIpc) is 2.84. The van der Waals surface area contributed by atoms with Gasteiger partial charge in [-0.25, -0.2) is 0 Å². The Labute approximate surface area is 210 Å². The smallest absolute Gasteiger partial charge is 0.306 e. The highest BCUT2D eigenvalue weighted by Gasteiger charge is 2.13. The number of hydrogen-bond donors (Lipinski definition) is 1. The average molecular weight is 477 g/mol. The van der Waals surface area contributed by atoms with Crippen LogP contribution in [0, 0.1) is 0 Å². The van der Waals surface area contributed by atoms with Gasteiger partial charge in [-0.3, -0.25) is 4.79 Å². The quantitative estimate of drug-likeness (QED) is 0.0870. The highest BCUT2D eigenvalue weighted by atomic mass is 16.6. The Hall–Kier alpha value is -1.65. The number of allylic oxidation sites excluding steroid dienone is 8. The molecule has 0 aliphatic carbocycles. The molecule has 1 atom stereocenters. The van der Waals surface area contributed by atoms with Crippen molar-refractivity contribution >= 4 is 5.97 Å². The maximum atomic E-state index is 12.0. The topological polar surface area (TPSA) is 55.8 Å². The van der Waals surface area contributed by atoms with Crippen molar-refractivity contribution in [3.63, 3.8) is 0 Å². The summed E-state index contributed by atoms with van der Waals surface area (Å²) in [4.78, 5) is 12.0. The number of hydrogen-bond acceptors (Lipinski definition) is 4. The van der Waals surface area contributed by atoms with Crippen LogP contribution in [0.5, 0.6) is 0 Å². The molecule has 4 heteroatoms. The molecule has 196 valence electrons. The van der Waals surface area contributed by atoms with E-state index in [1.807, 2.05) is 0 Å². The van der Waals surface area contributed by atoms with Gasteiger partial charge in [0, 0.05) is 13.0 Å². The monoisotopic (exact) mass is 476 g/mol. The molecule has 0 saturated carbocycles. The molecule has 0 aliphatic rings. The lowest BCUT2D eigenvalue weighted by atomic mass is 10.1. The molecule has 4 nitrogen and oxygen atoms in total. The number of carbonyl (C=O) groups is 1. The van der Waals surface area contributed by atoms with E-state index in [2.05, 4.69) is 62.5 Å². The van der Waals surface area contributed by atoms with Gasteiger partial charge in [-0.05, 0) is 51.4 Å². The van der Waals surface area contributed by atoms with E-state index >= 15 is 0 Å². The van der Waals surface area contributed by atoms with Crippen LogP contribution in [0.4, 0.5) is 0 Å². The molecule has 1 unspecified atom stereocenters. The second kappa shape index (κ2) is 27.6. The molecule has 34 heavy (non-hydrogen) atoms. The molecule has 0 aliphatic heterocycles. The van der Waals surface area contributed by atoms with Crippen molar-refractivity contribution in [1.82, 2.24) is 0 Å². The summed E-state index contributed by atoms with van der Waals surface area (Å²) in [6.45, 7) is 5.13. The minimum Gasteiger partial charge on any atom is -0.457 e. The van der Waals surface area contributed by atoms with Gasteiger partial charge in [0.15, 0.2) is 0 Å². The van der Waals surface area contributed by atoms with Gasteiger partial charge in [-0.15, -0.1) is 0 Å². The van der Waals surface area contributed by atoms with E-state index in [1.54, 1.807) is 0 Å². The predicted molar refractivity (Wildman–Crippen MR) is 145 cm³/mol. The van der Waals surface area contributed by atoms with Crippen LogP contribution in [0.1, 0.15) is 110 Å². The number of esters is 1. The zero-order valence-corrected chi connectivity index (χ0v) is 22.1. The van der Waals surface area contributed by atoms with Crippen molar-refractivity contribution in [2.24, 2.45) is 0 Å². The van der Waals surface area contributed by atoms with Gasteiger partial charge >= 0.3 is 5.97 Å². The van der Waals surface area contributed by atoms with Crippen molar-refractivity contribution in [2.45, 2.75) is 116 Å². The van der Waals surface area contributed by atoms with Crippen LogP contribution in [-0.4, -0.2) is 37.0 Å². The van der Waals surface area contributed by atoms with Gasteiger partial charge in [0.2, 0.25) is 0 Å². The molecule has 0 rings (SSSR count). The van der Waals surface area contributed by atoms with Crippen LogP contribution in [0.15, 0.2) is 48.6 Å². The number of ether oxygens (including phenoxy) is 2. The van der Waals surface area contributed by atoms with Crippen molar-refractivity contribution < 1.29 is 19.4 Å². The number of aliphatic hydroxyl groups is 1. The number of aliphatic hydroxyl groups excluding tert-OH is 1. The first-order chi connectivity index (χ1) is 16.7. The third-order valence-corrected chi connectivity index (χ3v) is 5.42. The Kier molecular flexibility index (Phi) is 26.3. The highest BCUT2D eigenvalue weighted by molar-refractivity contribution is 5.69. The standard InChI is InChI=1S/C30H52O4/c1-3-5-7-9-11-12-13-14-15-16-17-18-19-21-23-25-30(32)34-29(27-31)28-33-26-24-22-20-10-8-6-4-2/h5,7,11-12,14-15,17-18,29,31H,3-4,6,8-10,13,16,19-28H2,1-2H3/b7-5-,12-11-,15-14-,18-17-. The van der Waals surface area contributed by atoms with E-state index in [4.69, 9.17) is 9.47 Å². The lowest BCUT2D eigenvalue weighted by Gasteiger charge is -2.15. The van der Waals surface area contributed by atoms with Crippen molar-refractivity contribution in [3.05, 3.63) is 48.6 Å². The molecule has 0 saturated heterocycles. The van der Waals surface area contributed by atoms with Gasteiger partial charge in [0.25, 0.3) is 0 Å². The molecule has 1 N–H and O–H groups in total. The lowest BCUT2D eigenvalue weighted by molar-refractivity contribution is -0.154. The van der Waals surface area contributed by atoms with E-state index in [1.165, 1.54) is 38.5 Å². The summed E-state index contributed by atoms with van der Waals surface area (Å²) in [5.41, 5.74) is 0. The van der Waals surface area contributed by atoms with E-state index in [0.717, 1.165) is 51.4 Å². The second-order valence-corrected chi connectivity index (χ2v) is 8.74. The zero-order chi connectivity index (χ0) is 25.0. The van der Waals surface area contributed by atoms with Crippen molar-refractivity contribution in [1.29, 1.82) is 0 Å². The summed E-state index contributed by atoms with van der Waals surface area (Å²) < 4.78 is 10.9. The molecule has 0 radical (unpaired) electrons. The first-order valence-electron chi connectivity index (χ1n) is 13.7.